The minimum absolute atomic E-state index is 0.0245. The number of nitrogens with zero attached hydrogens (tertiary/aromatic N) is 1. The van der Waals surface area contributed by atoms with Gasteiger partial charge in [0.15, 0.2) is 0 Å². The molecular formula is C10H16N2O3. The summed E-state index contributed by atoms with van der Waals surface area (Å²) in [6.07, 6.45) is 0.444. The normalized spacial score (nSPS) is 36.4. The second-order valence-electron chi connectivity index (χ2n) is 4.22. The highest BCUT2D eigenvalue weighted by Gasteiger charge is 2.46. The molecule has 2 fully saturated rings. The summed E-state index contributed by atoms with van der Waals surface area (Å²) in [5, 5.41) is 3.25. The van der Waals surface area contributed by atoms with Crippen LogP contribution in [0.5, 0.6) is 0 Å². The highest BCUT2D eigenvalue weighted by Crippen LogP contribution is 2.27. The van der Waals surface area contributed by atoms with Gasteiger partial charge in [0.1, 0.15) is 11.7 Å². The van der Waals surface area contributed by atoms with Crippen molar-refractivity contribution in [3.05, 3.63) is 0 Å². The van der Waals surface area contributed by atoms with E-state index in [4.69, 9.17) is 0 Å². The van der Waals surface area contributed by atoms with E-state index in [9.17, 15) is 9.59 Å². The van der Waals surface area contributed by atoms with Crippen LogP contribution in [0.1, 0.15) is 6.42 Å². The van der Waals surface area contributed by atoms with Gasteiger partial charge in [-0.1, -0.05) is 0 Å². The Kier molecular flexibility index (Phi) is 2.75. The molecule has 0 amide bonds. The highest BCUT2D eigenvalue weighted by atomic mass is 16.5. The SMILES string of the molecule is COC(=O)C1C(=O)CC2CNCC1N2C. The summed E-state index contributed by atoms with van der Waals surface area (Å²) in [5.41, 5.74) is 0. The average molecular weight is 212 g/mol. The van der Waals surface area contributed by atoms with E-state index >= 15 is 0 Å². The van der Waals surface area contributed by atoms with Crippen LogP contribution in [-0.2, 0) is 14.3 Å². The van der Waals surface area contributed by atoms with Crippen LogP contribution in [0.2, 0.25) is 0 Å². The number of methoxy groups -OCH3 is 1. The summed E-state index contributed by atoms with van der Waals surface area (Å²) >= 11 is 0. The molecule has 0 aromatic rings. The van der Waals surface area contributed by atoms with E-state index in [1.807, 2.05) is 7.05 Å². The van der Waals surface area contributed by atoms with Crippen LogP contribution in [0.15, 0.2) is 0 Å². The van der Waals surface area contributed by atoms with Crippen LogP contribution in [0.3, 0.4) is 0 Å². The number of carbonyl (C=O) groups is 2. The number of esters is 1. The Balaban J connectivity index is 2.22. The number of likely N-dealkylation sites (N-methyl/N-ethyl adjacent to an activating group) is 1. The van der Waals surface area contributed by atoms with Crippen molar-refractivity contribution in [3.8, 4) is 0 Å². The lowest BCUT2D eigenvalue weighted by atomic mass is 9.82. The van der Waals surface area contributed by atoms with Crippen LogP contribution in [0.25, 0.3) is 0 Å². The smallest absolute Gasteiger partial charge is 0.317 e. The van der Waals surface area contributed by atoms with E-state index in [-0.39, 0.29) is 17.9 Å². The molecule has 0 saturated carbocycles. The average Bonchev–Trinajstić information content (AvgIpc) is 2.20. The number of ether oxygens (including phenoxy) is 1. The monoisotopic (exact) mass is 212 g/mol. The molecule has 2 aliphatic rings. The van der Waals surface area contributed by atoms with Crippen LogP contribution in [-0.4, -0.2) is 56.0 Å². The first-order valence-electron chi connectivity index (χ1n) is 5.18. The molecule has 2 bridgehead atoms. The van der Waals surface area contributed by atoms with E-state index in [1.165, 1.54) is 7.11 Å². The fourth-order valence-electron chi connectivity index (χ4n) is 2.52. The van der Waals surface area contributed by atoms with Crippen LogP contribution >= 0.6 is 0 Å². The number of ketones is 1. The zero-order valence-electron chi connectivity index (χ0n) is 9.03. The second-order valence-corrected chi connectivity index (χ2v) is 4.22. The fourth-order valence-corrected chi connectivity index (χ4v) is 2.52. The maximum absolute atomic E-state index is 11.8. The topological polar surface area (TPSA) is 58.6 Å². The van der Waals surface area contributed by atoms with Gasteiger partial charge in [0, 0.05) is 31.6 Å². The van der Waals surface area contributed by atoms with Gasteiger partial charge >= 0.3 is 5.97 Å². The van der Waals surface area contributed by atoms with Gasteiger partial charge < -0.3 is 10.1 Å². The molecule has 15 heavy (non-hydrogen) atoms. The third kappa shape index (κ3) is 1.66. The Morgan fingerprint density at radius 2 is 2.27 bits per heavy atom. The number of hydrogen-bond donors (Lipinski definition) is 1. The largest absolute Gasteiger partial charge is 0.468 e. The molecule has 2 saturated heterocycles. The standard InChI is InChI=1S/C10H16N2O3/c1-12-6-3-8(13)9(10(14)15-2)7(12)5-11-4-6/h6-7,9,11H,3-5H2,1-2H3. The summed E-state index contributed by atoms with van der Waals surface area (Å²) in [6, 6.07) is 0.189. The minimum atomic E-state index is -0.607. The third-order valence-corrected chi connectivity index (χ3v) is 3.46. The van der Waals surface area contributed by atoms with Crippen molar-refractivity contribution in [2.24, 2.45) is 5.92 Å². The lowest BCUT2D eigenvalue weighted by molar-refractivity contribution is -0.156. The molecule has 0 aromatic heterocycles. The zero-order valence-corrected chi connectivity index (χ0v) is 9.03. The molecule has 5 heteroatoms. The Morgan fingerprint density at radius 3 is 2.93 bits per heavy atom. The second kappa shape index (κ2) is 3.90. The molecule has 0 aliphatic carbocycles. The van der Waals surface area contributed by atoms with E-state index in [0.29, 0.717) is 13.0 Å². The van der Waals surface area contributed by atoms with Crippen molar-refractivity contribution in [2.45, 2.75) is 18.5 Å². The number of hydrogen-bond acceptors (Lipinski definition) is 5. The minimum Gasteiger partial charge on any atom is -0.468 e. The van der Waals surface area contributed by atoms with Gasteiger partial charge in [-0.2, -0.15) is 0 Å². The maximum Gasteiger partial charge on any atom is 0.317 e. The number of rotatable bonds is 1. The quantitative estimate of drug-likeness (QED) is 0.447. The summed E-state index contributed by atoms with van der Waals surface area (Å²) in [4.78, 5) is 25.4. The van der Waals surface area contributed by atoms with E-state index in [2.05, 4.69) is 15.0 Å². The predicted molar refractivity (Wildman–Crippen MR) is 53.3 cm³/mol. The first-order valence-corrected chi connectivity index (χ1v) is 5.18. The van der Waals surface area contributed by atoms with Gasteiger partial charge in [0.25, 0.3) is 0 Å². The number of piperazine rings is 1. The molecule has 3 atom stereocenters. The molecule has 0 spiro atoms. The lowest BCUT2D eigenvalue weighted by Gasteiger charge is -2.46. The summed E-state index contributed by atoms with van der Waals surface area (Å²) in [6.45, 7) is 1.51. The molecule has 2 aliphatic heterocycles. The van der Waals surface area contributed by atoms with Gasteiger partial charge in [0.2, 0.25) is 0 Å². The Morgan fingerprint density at radius 1 is 1.53 bits per heavy atom. The van der Waals surface area contributed by atoms with E-state index < -0.39 is 11.9 Å². The number of piperidine rings is 1. The van der Waals surface area contributed by atoms with Crippen molar-refractivity contribution in [2.75, 3.05) is 27.2 Å². The van der Waals surface area contributed by atoms with Gasteiger partial charge in [0.05, 0.1) is 7.11 Å². The van der Waals surface area contributed by atoms with Crippen LogP contribution in [0, 0.1) is 5.92 Å². The van der Waals surface area contributed by atoms with Gasteiger partial charge in [-0.3, -0.25) is 14.5 Å². The molecule has 1 N–H and O–H groups in total. The first kappa shape index (κ1) is 10.6. The zero-order chi connectivity index (χ0) is 11.0. The molecule has 0 radical (unpaired) electrons. The van der Waals surface area contributed by atoms with Crippen molar-refractivity contribution in [1.29, 1.82) is 0 Å². The van der Waals surface area contributed by atoms with Crippen molar-refractivity contribution < 1.29 is 14.3 Å². The fraction of sp³-hybridized carbons (Fsp3) is 0.800. The Hall–Kier alpha value is -0.940. The van der Waals surface area contributed by atoms with Gasteiger partial charge in [-0.05, 0) is 7.05 Å². The molecule has 2 heterocycles. The Labute approximate surface area is 88.8 Å². The maximum atomic E-state index is 11.8. The highest BCUT2D eigenvalue weighted by molar-refractivity contribution is 6.00. The summed E-state index contributed by atoms with van der Waals surface area (Å²) in [5.74, 6) is -0.987. The van der Waals surface area contributed by atoms with Gasteiger partial charge in [-0.25, -0.2) is 0 Å². The number of nitrogens with one attached hydrogen (secondary N) is 1. The van der Waals surface area contributed by atoms with Gasteiger partial charge in [-0.15, -0.1) is 0 Å². The van der Waals surface area contributed by atoms with E-state index in [0.717, 1.165) is 6.54 Å². The molecule has 0 aromatic carbocycles. The lowest BCUT2D eigenvalue weighted by Crippen LogP contribution is -2.65. The number of carbonyl (C=O) groups excluding carboxylic acids is 2. The van der Waals surface area contributed by atoms with Crippen molar-refractivity contribution in [3.63, 3.8) is 0 Å². The summed E-state index contributed by atoms with van der Waals surface area (Å²) < 4.78 is 4.69. The number of Topliss-reactive ketones (excluding diaryl/α,β-unsaturated/α-hetero) is 1. The molecule has 2 rings (SSSR count). The van der Waals surface area contributed by atoms with Crippen molar-refractivity contribution >= 4 is 11.8 Å². The Bertz CT molecular complexity index is 292. The first-order chi connectivity index (χ1) is 7.15. The van der Waals surface area contributed by atoms with Crippen LogP contribution in [0.4, 0.5) is 0 Å². The summed E-state index contributed by atoms with van der Waals surface area (Å²) in [7, 11) is 3.30. The predicted octanol–water partition coefficient (Wildman–Crippen LogP) is -0.979. The van der Waals surface area contributed by atoms with Crippen molar-refractivity contribution in [1.82, 2.24) is 10.2 Å². The molecule has 3 unspecified atom stereocenters. The number of fused-ring (bicyclic) bond motifs is 2. The molecular weight excluding hydrogens is 196 g/mol. The van der Waals surface area contributed by atoms with Crippen LogP contribution < -0.4 is 5.32 Å². The van der Waals surface area contributed by atoms with E-state index in [1.54, 1.807) is 0 Å². The third-order valence-electron chi connectivity index (χ3n) is 3.46. The molecule has 84 valence electrons. The molecule has 5 nitrogen and oxygen atoms in total.